The van der Waals surface area contributed by atoms with Gasteiger partial charge in [-0.15, -0.1) is 0 Å². The van der Waals surface area contributed by atoms with Crippen LogP contribution in [-0.4, -0.2) is 18.7 Å². The van der Waals surface area contributed by atoms with Gasteiger partial charge in [0.25, 0.3) is 0 Å². The lowest BCUT2D eigenvalue weighted by molar-refractivity contribution is -0.131. The molecule has 1 amide bonds. The Morgan fingerprint density at radius 1 is 1.33 bits per heavy atom. The van der Waals surface area contributed by atoms with Crippen molar-refractivity contribution in [1.29, 1.82) is 5.26 Å². The Morgan fingerprint density at radius 3 is 2.56 bits per heavy atom. The van der Waals surface area contributed by atoms with Crippen molar-refractivity contribution in [2.45, 2.75) is 51.4 Å². The second kappa shape index (κ2) is 7.86. The SMILES string of the molecule is CNC(=O)[C@H](C#N)C(=O)CCCC1CCCCC1. The first-order chi connectivity index (χ1) is 8.69. The summed E-state index contributed by atoms with van der Waals surface area (Å²) in [5.74, 6) is -1.11. The fraction of sp³-hybridized carbons (Fsp3) is 0.786. The van der Waals surface area contributed by atoms with Crippen molar-refractivity contribution in [3.05, 3.63) is 0 Å². The Kier molecular flexibility index (Phi) is 6.42. The van der Waals surface area contributed by atoms with Crippen molar-refractivity contribution in [2.24, 2.45) is 11.8 Å². The lowest BCUT2D eigenvalue weighted by Crippen LogP contribution is -2.32. The van der Waals surface area contributed by atoms with E-state index in [1.807, 2.05) is 0 Å². The van der Waals surface area contributed by atoms with E-state index in [4.69, 9.17) is 5.26 Å². The van der Waals surface area contributed by atoms with Crippen LogP contribution in [0.15, 0.2) is 0 Å². The number of carbonyl (C=O) groups excluding carboxylic acids is 2. The maximum atomic E-state index is 11.7. The molecule has 18 heavy (non-hydrogen) atoms. The lowest BCUT2D eigenvalue weighted by Gasteiger charge is -2.21. The molecule has 0 heterocycles. The first kappa shape index (κ1) is 14.7. The van der Waals surface area contributed by atoms with E-state index in [-0.39, 0.29) is 5.78 Å². The van der Waals surface area contributed by atoms with Gasteiger partial charge in [0.1, 0.15) is 0 Å². The molecule has 0 aliphatic heterocycles. The van der Waals surface area contributed by atoms with Gasteiger partial charge in [-0.3, -0.25) is 9.59 Å². The molecule has 4 nitrogen and oxygen atoms in total. The number of nitrogens with one attached hydrogen (secondary N) is 1. The zero-order chi connectivity index (χ0) is 13.4. The molecule has 1 aliphatic carbocycles. The van der Waals surface area contributed by atoms with Crippen LogP contribution in [0.4, 0.5) is 0 Å². The minimum absolute atomic E-state index is 0.243. The van der Waals surface area contributed by atoms with E-state index in [2.05, 4.69) is 5.32 Å². The molecule has 0 aromatic heterocycles. The molecule has 1 N–H and O–H groups in total. The second-order valence-corrected chi connectivity index (χ2v) is 5.04. The highest BCUT2D eigenvalue weighted by molar-refractivity contribution is 6.03. The summed E-state index contributed by atoms with van der Waals surface area (Å²) < 4.78 is 0. The summed E-state index contributed by atoms with van der Waals surface area (Å²) in [5.41, 5.74) is 0. The number of rotatable bonds is 6. The van der Waals surface area contributed by atoms with Crippen molar-refractivity contribution in [2.75, 3.05) is 7.05 Å². The van der Waals surface area contributed by atoms with E-state index in [9.17, 15) is 9.59 Å². The monoisotopic (exact) mass is 250 g/mol. The minimum Gasteiger partial charge on any atom is -0.358 e. The van der Waals surface area contributed by atoms with Crippen LogP contribution < -0.4 is 5.32 Å². The molecule has 0 saturated heterocycles. The van der Waals surface area contributed by atoms with Crippen LogP contribution in [0.25, 0.3) is 0 Å². The van der Waals surface area contributed by atoms with Crippen LogP contribution in [0.1, 0.15) is 51.4 Å². The van der Waals surface area contributed by atoms with Crippen molar-refractivity contribution < 1.29 is 9.59 Å². The number of ketones is 1. The van der Waals surface area contributed by atoms with Gasteiger partial charge in [-0.05, 0) is 12.3 Å². The van der Waals surface area contributed by atoms with E-state index in [0.717, 1.165) is 18.8 Å². The van der Waals surface area contributed by atoms with Gasteiger partial charge in [0.15, 0.2) is 11.7 Å². The molecule has 1 fully saturated rings. The van der Waals surface area contributed by atoms with Gasteiger partial charge in [-0.1, -0.05) is 38.5 Å². The third-order valence-electron chi connectivity index (χ3n) is 3.72. The van der Waals surface area contributed by atoms with Crippen molar-refractivity contribution in [3.63, 3.8) is 0 Å². The van der Waals surface area contributed by atoms with E-state index in [1.165, 1.54) is 39.2 Å². The molecule has 1 rings (SSSR count). The zero-order valence-corrected chi connectivity index (χ0v) is 11.1. The quantitative estimate of drug-likeness (QED) is 0.735. The van der Waals surface area contributed by atoms with Gasteiger partial charge in [-0.2, -0.15) is 5.26 Å². The third kappa shape index (κ3) is 4.48. The molecule has 0 radical (unpaired) electrons. The summed E-state index contributed by atoms with van der Waals surface area (Å²) in [6, 6.07) is 1.78. The number of hydrogen-bond donors (Lipinski definition) is 1. The highest BCUT2D eigenvalue weighted by Gasteiger charge is 2.25. The lowest BCUT2D eigenvalue weighted by atomic mass is 9.85. The van der Waals surface area contributed by atoms with Gasteiger partial charge < -0.3 is 5.32 Å². The third-order valence-corrected chi connectivity index (χ3v) is 3.72. The van der Waals surface area contributed by atoms with E-state index in [0.29, 0.717) is 6.42 Å². The van der Waals surface area contributed by atoms with Crippen molar-refractivity contribution >= 4 is 11.7 Å². The maximum absolute atomic E-state index is 11.7. The molecule has 0 aromatic carbocycles. The molecule has 0 unspecified atom stereocenters. The molecule has 1 aliphatic rings. The van der Waals surface area contributed by atoms with Crippen molar-refractivity contribution in [3.8, 4) is 6.07 Å². The largest absolute Gasteiger partial charge is 0.358 e. The van der Waals surface area contributed by atoms with Crippen LogP contribution >= 0.6 is 0 Å². The summed E-state index contributed by atoms with van der Waals surface area (Å²) in [5, 5.41) is 11.2. The fourth-order valence-electron chi connectivity index (χ4n) is 2.61. The van der Waals surface area contributed by atoms with Crippen molar-refractivity contribution in [1.82, 2.24) is 5.32 Å². The summed E-state index contributed by atoms with van der Waals surface area (Å²) >= 11 is 0. The Hall–Kier alpha value is -1.37. The highest BCUT2D eigenvalue weighted by atomic mass is 16.2. The zero-order valence-electron chi connectivity index (χ0n) is 11.1. The van der Waals surface area contributed by atoms with E-state index in [1.54, 1.807) is 6.07 Å². The molecule has 4 heteroatoms. The Bertz CT molecular complexity index is 327. The summed E-state index contributed by atoms with van der Waals surface area (Å²) in [4.78, 5) is 23.0. The standard InChI is InChI=1S/C14H22N2O2/c1-16-14(18)12(10-15)13(17)9-5-8-11-6-3-2-4-7-11/h11-12H,2-9H2,1H3,(H,16,18)/t12-/m1/s1. The Morgan fingerprint density at radius 2 is 2.00 bits per heavy atom. The van der Waals surface area contributed by atoms with Crippen LogP contribution in [-0.2, 0) is 9.59 Å². The molecule has 100 valence electrons. The Labute approximate surface area is 109 Å². The van der Waals surface area contributed by atoms with Gasteiger partial charge in [0.05, 0.1) is 6.07 Å². The number of hydrogen-bond acceptors (Lipinski definition) is 3. The summed E-state index contributed by atoms with van der Waals surface area (Å²) in [6.45, 7) is 0. The van der Waals surface area contributed by atoms with E-state index >= 15 is 0 Å². The molecule has 0 spiro atoms. The normalized spacial score (nSPS) is 17.8. The average molecular weight is 250 g/mol. The summed E-state index contributed by atoms with van der Waals surface area (Å²) in [7, 11) is 1.45. The molecule has 0 aromatic rings. The molecule has 0 bridgehead atoms. The first-order valence-electron chi connectivity index (χ1n) is 6.83. The van der Waals surface area contributed by atoms with Crippen LogP contribution in [0, 0.1) is 23.2 Å². The number of carbonyl (C=O) groups is 2. The molecular formula is C14H22N2O2. The number of nitriles is 1. The number of nitrogens with zero attached hydrogens (tertiary/aromatic N) is 1. The molecule has 1 saturated carbocycles. The maximum Gasteiger partial charge on any atom is 0.244 e. The smallest absolute Gasteiger partial charge is 0.244 e. The Balaban J connectivity index is 2.27. The van der Waals surface area contributed by atoms with Gasteiger partial charge >= 0.3 is 0 Å². The minimum atomic E-state index is -1.12. The van der Waals surface area contributed by atoms with Crippen LogP contribution in [0.3, 0.4) is 0 Å². The first-order valence-corrected chi connectivity index (χ1v) is 6.83. The second-order valence-electron chi connectivity index (χ2n) is 5.04. The molecular weight excluding hydrogens is 228 g/mol. The topological polar surface area (TPSA) is 70.0 Å². The fourth-order valence-corrected chi connectivity index (χ4v) is 2.61. The van der Waals surface area contributed by atoms with E-state index < -0.39 is 11.8 Å². The summed E-state index contributed by atoms with van der Waals surface area (Å²) in [6.07, 6.45) is 8.69. The number of amides is 1. The highest BCUT2D eigenvalue weighted by Crippen LogP contribution is 2.27. The predicted molar refractivity (Wildman–Crippen MR) is 68.6 cm³/mol. The number of Topliss-reactive ketones (excluding diaryl/α,β-unsaturated/α-hetero) is 1. The van der Waals surface area contributed by atoms with Crippen LogP contribution in [0.5, 0.6) is 0 Å². The predicted octanol–water partition coefficient (Wildman–Crippen LogP) is 2.19. The van der Waals surface area contributed by atoms with Crippen LogP contribution in [0.2, 0.25) is 0 Å². The molecule has 1 atom stereocenters. The van der Waals surface area contributed by atoms with Gasteiger partial charge in [-0.25, -0.2) is 0 Å². The van der Waals surface area contributed by atoms with Gasteiger partial charge in [0.2, 0.25) is 5.91 Å². The average Bonchev–Trinajstić information content (AvgIpc) is 2.40. The van der Waals surface area contributed by atoms with Gasteiger partial charge in [0, 0.05) is 13.5 Å².